The van der Waals surface area contributed by atoms with Crippen LogP contribution < -0.4 is 15.0 Å². The lowest BCUT2D eigenvalue weighted by atomic mass is 10.1. The topological polar surface area (TPSA) is 63.2 Å². The largest absolute Gasteiger partial charge is 0.497 e. The average Bonchev–Trinajstić information content (AvgIpc) is 3.08. The second-order valence-corrected chi connectivity index (χ2v) is 7.52. The minimum Gasteiger partial charge on any atom is -0.497 e. The van der Waals surface area contributed by atoms with Crippen LogP contribution in [0, 0.1) is 5.82 Å². The molecule has 2 heterocycles. The van der Waals surface area contributed by atoms with Gasteiger partial charge in [0, 0.05) is 13.1 Å². The number of ether oxygens (including phenoxy) is 2. The first-order valence-corrected chi connectivity index (χ1v) is 10.00. The second-order valence-electron chi connectivity index (χ2n) is 6.49. The molecule has 8 heteroatoms. The number of nitrogens with one attached hydrogen (secondary N) is 1. The zero-order valence-corrected chi connectivity index (χ0v) is 16.7. The molecule has 2 saturated heterocycles. The van der Waals surface area contributed by atoms with E-state index in [9.17, 15) is 9.18 Å². The number of carbonyl (C=O) groups excluding carboxylic acids is 1. The van der Waals surface area contributed by atoms with Gasteiger partial charge in [-0.1, -0.05) is 6.07 Å². The maximum absolute atomic E-state index is 14.6. The van der Waals surface area contributed by atoms with E-state index in [1.807, 2.05) is 11.0 Å². The number of amides is 1. The van der Waals surface area contributed by atoms with Crippen molar-refractivity contribution in [1.82, 2.24) is 5.32 Å². The van der Waals surface area contributed by atoms with E-state index in [0.717, 1.165) is 5.75 Å². The Labute approximate surface area is 172 Å². The van der Waals surface area contributed by atoms with E-state index in [0.29, 0.717) is 53.3 Å². The highest BCUT2D eigenvalue weighted by Crippen LogP contribution is 2.30. The highest BCUT2D eigenvalue weighted by atomic mass is 32.2. The van der Waals surface area contributed by atoms with Gasteiger partial charge < -0.3 is 19.7 Å². The Bertz CT molecular complexity index is 970. The second kappa shape index (κ2) is 8.67. The van der Waals surface area contributed by atoms with Gasteiger partial charge in [-0.05, 0) is 59.8 Å². The van der Waals surface area contributed by atoms with Crippen LogP contribution in [-0.2, 0) is 9.53 Å². The molecule has 0 aromatic heterocycles. The van der Waals surface area contributed by atoms with E-state index in [4.69, 9.17) is 9.47 Å². The number of rotatable bonds is 4. The summed E-state index contributed by atoms with van der Waals surface area (Å²) in [6.45, 7) is 2.53. The Kier molecular flexibility index (Phi) is 5.82. The van der Waals surface area contributed by atoms with E-state index in [2.05, 4.69) is 10.3 Å². The molecule has 29 heavy (non-hydrogen) atoms. The van der Waals surface area contributed by atoms with Crippen LogP contribution in [0.25, 0.3) is 6.08 Å². The molecule has 2 aromatic rings. The number of hydrogen-bond donors (Lipinski definition) is 1. The minimum atomic E-state index is -0.309. The molecular weight excluding hydrogens is 393 g/mol. The Balaban J connectivity index is 1.49. The number of nitrogens with zero attached hydrogens (tertiary/aromatic N) is 2. The van der Waals surface area contributed by atoms with Gasteiger partial charge in [-0.2, -0.15) is 0 Å². The predicted octanol–water partition coefficient (Wildman–Crippen LogP) is 3.56. The number of hydrogen-bond acceptors (Lipinski definition) is 6. The zero-order valence-electron chi connectivity index (χ0n) is 15.9. The van der Waals surface area contributed by atoms with Crippen LogP contribution in [0.15, 0.2) is 52.4 Å². The van der Waals surface area contributed by atoms with Crippen molar-refractivity contribution in [3.8, 4) is 5.75 Å². The number of aliphatic imine (C=N–C) groups is 1. The van der Waals surface area contributed by atoms with Gasteiger partial charge in [-0.3, -0.25) is 4.79 Å². The molecule has 0 radical (unpaired) electrons. The summed E-state index contributed by atoms with van der Waals surface area (Å²) in [5, 5.41) is 3.22. The Hall–Kier alpha value is -2.84. The monoisotopic (exact) mass is 413 g/mol. The SMILES string of the molecule is COc1ccc(N=C2NC(=O)/C(=C/c3ccc(N4CCOCC4)c(F)c3)S2)cc1. The molecule has 0 unspecified atom stereocenters. The molecule has 150 valence electrons. The fourth-order valence-electron chi connectivity index (χ4n) is 3.08. The van der Waals surface area contributed by atoms with E-state index >= 15 is 0 Å². The number of amidine groups is 1. The first-order chi connectivity index (χ1) is 14.1. The zero-order chi connectivity index (χ0) is 20.2. The van der Waals surface area contributed by atoms with Crippen molar-refractivity contribution >= 4 is 40.3 Å². The lowest BCUT2D eigenvalue weighted by Gasteiger charge is -2.29. The Morgan fingerprint density at radius 1 is 1.21 bits per heavy atom. The number of anilines is 1. The van der Waals surface area contributed by atoms with Crippen molar-refractivity contribution in [2.24, 2.45) is 4.99 Å². The molecule has 0 bridgehead atoms. The molecule has 0 spiro atoms. The third-order valence-electron chi connectivity index (χ3n) is 4.58. The van der Waals surface area contributed by atoms with Gasteiger partial charge in [-0.25, -0.2) is 9.38 Å². The number of thioether (sulfide) groups is 1. The smallest absolute Gasteiger partial charge is 0.264 e. The van der Waals surface area contributed by atoms with Gasteiger partial charge in [0.2, 0.25) is 0 Å². The number of morpholine rings is 1. The van der Waals surface area contributed by atoms with Crippen LogP contribution in [0.3, 0.4) is 0 Å². The third kappa shape index (κ3) is 4.60. The average molecular weight is 413 g/mol. The molecule has 2 aliphatic rings. The van der Waals surface area contributed by atoms with Crippen molar-refractivity contribution in [2.45, 2.75) is 0 Å². The Morgan fingerprint density at radius 2 is 1.97 bits per heavy atom. The maximum atomic E-state index is 14.6. The van der Waals surface area contributed by atoms with Gasteiger partial charge in [0.25, 0.3) is 5.91 Å². The first kappa shape index (κ1) is 19.5. The van der Waals surface area contributed by atoms with Crippen molar-refractivity contribution in [3.63, 3.8) is 0 Å². The number of benzene rings is 2. The summed E-state index contributed by atoms with van der Waals surface area (Å²) in [6.07, 6.45) is 1.67. The van der Waals surface area contributed by atoms with E-state index in [1.54, 1.807) is 43.5 Å². The summed E-state index contributed by atoms with van der Waals surface area (Å²) in [4.78, 5) is 19.1. The van der Waals surface area contributed by atoms with Gasteiger partial charge >= 0.3 is 0 Å². The molecule has 2 aliphatic heterocycles. The summed E-state index contributed by atoms with van der Waals surface area (Å²) >= 11 is 1.23. The molecule has 0 saturated carbocycles. The fourth-order valence-corrected chi connectivity index (χ4v) is 3.92. The van der Waals surface area contributed by atoms with Crippen LogP contribution in [0.1, 0.15) is 5.56 Å². The predicted molar refractivity (Wildman–Crippen MR) is 113 cm³/mol. The lowest BCUT2D eigenvalue weighted by Crippen LogP contribution is -2.36. The normalized spacial score (nSPS) is 19.7. The standard InChI is InChI=1S/C21H20FN3O3S/c1-27-16-5-3-15(4-6-16)23-21-24-20(26)19(29-21)13-14-2-7-18(17(22)12-14)25-8-10-28-11-9-25/h2-7,12-13H,8-11H2,1H3,(H,23,24,26)/b19-13-. The third-order valence-corrected chi connectivity index (χ3v) is 5.49. The van der Waals surface area contributed by atoms with Crippen molar-refractivity contribution in [1.29, 1.82) is 0 Å². The molecule has 0 aliphatic carbocycles. The summed E-state index contributed by atoms with van der Waals surface area (Å²) in [5.74, 6) is 0.178. The molecule has 6 nitrogen and oxygen atoms in total. The first-order valence-electron chi connectivity index (χ1n) is 9.18. The fraction of sp³-hybridized carbons (Fsp3) is 0.238. The quantitative estimate of drug-likeness (QED) is 0.777. The van der Waals surface area contributed by atoms with Crippen molar-refractivity contribution < 1.29 is 18.7 Å². The van der Waals surface area contributed by atoms with E-state index in [1.165, 1.54) is 17.8 Å². The van der Waals surface area contributed by atoms with Gasteiger partial charge in [0.1, 0.15) is 11.6 Å². The van der Waals surface area contributed by atoms with Crippen molar-refractivity contribution in [2.75, 3.05) is 38.3 Å². The summed E-state index contributed by atoms with van der Waals surface area (Å²) in [7, 11) is 1.60. The minimum absolute atomic E-state index is 0.250. The van der Waals surface area contributed by atoms with Crippen LogP contribution >= 0.6 is 11.8 Å². The summed E-state index contributed by atoms with van der Waals surface area (Å²) in [6, 6.07) is 12.2. The molecule has 4 rings (SSSR count). The van der Waals surface area contributed by atoms with Gasteiger partial charge in [-0.15, -0.1) is 0 Å². The van der Waals surface area contributed by atoms with E-state index < -0.39 is 0 Å². The van der Waals surface area contributed by atoms with Crippen molar-refractivity contribution in [3.05, 3.63) is 58.8 Å². The molecular formula is C21H20FN3O3S. The molecule has 2 fully saturated rings. The number of methoxy groups -OCH3 is 1. The van der Waals surface area contributed by atoms with Gasteiger partial charge in [0.15, 0.2) is 5.17 Å². The molecule has 2 aromatic carbocycles. The van der Waals surface area contributed by atoms with E-state index in [-0.39, 0.29) is 11.7 Å². The number of carbonyl (C=O) groups is 1. The number of halogens is 1. The Morgan fingerprint density at radius 3 is 2.66 bits per heavy atom. The van der Waals surface area contributed by atoms with Crippen LogP contribution in [-0.4, -0.2) is 44.5 Å². The molecule has 0 atom stereocenters. The summed E-state index contributed by atoms with van der Waals surface area (Å²) in [5.41, 5.74) is 1.89. The summed E-state index contributed by atoms with van der Waals surface area (Å²) < 4.78 is 25.0. The van der Waals surface area contributed by atoms with Crippen LogP contribution in [0.4, 0.5) is 15.8 Å². The highest BCUT2D eigenvalue weighted by Gasteiger charge is 2.24. The molecule has 1 amide bonds. The van der Waals surface area contributed by atoms with Gasteiger partial charge in [0.05, 0.1) is 36.6 Å². The van der Waals surface area contributed by atoms with Crippen LogP contribution in [0.5, 0.6) is 5.75 Å². The highest BCUT2D eigenvalue weighted by molar-refractivity contribution is 8.18. The van der Waals surface area contributed by atoms with Crippen LogP contribution in [0.2, 0.25) is 0 Å². The maximum Gasteiger partial charge on any atom is 0.264 e. The lowest BCUT2D eigenvalue weighted by molar-refractivity contribution is -0.115. The molecule has 1 N–H and O–H groups in total.